The van der Waals surface area contributed by atoms with Crippen molar-refractivity contribution in [3.05, 3.63) is 35.4 Å². The molecule has 0 aliphatic carbocycles. The Balaban J connectivity index is 2.77. The molecule has 0 aliphatic heterocycles. The summed E-state index contributed by atoms with van der Waals surface area (Å²) < 4.78 is 30.8. The van der Waals surface area contributed by atoms with Gasteiger partial charge >= 0.3 is 0 Å². The first-order valence-corrected chi connectivity index (χ1v) is 4.77. The molecule has 2 nitrogen and oxygen atoms in total. The molecule has 4 heteroatoms. The molecule has 0 saturated carbocycles. The van der Waals surface area contributed by atoms with Gasteiger partial charge in [-0.05, 0) is 31.0 Å². The van der Waals surface area contributed by atoms with E-state index in [0.29, 0.717) is 12.0 Å². The van der Waals surface area contributed by atoms with E-state index in [1.165, 1.54) is 12.1 Å². The van der Waals surface area contributed by atoms with Crippen molar-refractivity contribution in [2.75, 3.05) is 7.11 Å². The zero-order valence-electron chi connectivity index (χ0n) is 8.84. The number of benzene rings is 1. The lowest BCUT2D eigenvalue weighted by molar-refractivity contribution is 0.104. The van der Waals surface area contributed by atoms with Gasteiger partial charge in [0.1, 0.15) is 11.6 Å². The summed E-state index contributed by atoms with van der Waals surface area (Å²) in [6, 6.07) is 2.91. The summed E-state index contributed by atoms with van der Waals surface area (Å²) in [6.07, 6.45) is 0.491. The Hall–Kier alpha value is -1.00. The van der Waals surface area contributed by atoms with Crippen molar-refractivity contribution in [1.82, 2.24) is 0 Å². The van der Waals surface area contributed by atoms with Crippen LogP contribution in [0.2, 0.25) is 0 Å². The van der Waals surface area contributed by atoms with Crippen LogP contribution in [-0.4, -0.2) is 13.2 Å². The predicted molar refractivity (Wildman–Crippen MR) is 54.4 cm³/mol. The summed E-state index contributed by atoms with van der Waals surface area (Å²) in [5.41, 5.74) is 6.25. The highest BCUT2D eigenvalue weighted by Crippen LogP contribution is 2.19. The van der Waals surface area contributed by atoms with E-state index < -0.39 is 17.7 Å². The topological polar surface area (TPSA) is 35.2 Å². The number of hydrogen-bond acceptors (Lipinski definition) is 2. The standard InChI is InChI=1S/C11H15F2NO/c1-7(15-2)3-11(14)8-4-9(12)6-10(13)5-8/h4-7,11H,3,14H2,1-2H3. The minimum Gasteiger partial charge on any atom is -0.382 e. The third-order valence-corrected chi connectivity index (χ3v) is 2.30. The summed E-state index contributed by atoms with van der Waals surface area (Å²) in [5.74, 6) is -1.21. The van der Waals surface area contributed by atoms with Gasteiger partial charge in [0.2, 0.25) is 0 Å². The third-order valence-electron chi connectivity index (χ3n) is 2.30. The Morgan fingerprint density at radius 3 is 2.27 bits per heavy atom. The molecular formula is C11H15F2NO. The van der Waals surface area contributed by atoms with Crippen LogP contribution in [0.5, 0.6) is 0 Å². The molecule has 0 spiro atoms. The average Bonchev–Trinajstić information content (AvgIpc) is 2.16. The van der Waals surface area contributed by atoms with Crippen LogP contribution in [0.15, 0.2) is 18.2 Å². The van der Waals surface area contributed by atoms with Crippen LogP contribution in [0.25, 0.3) is 0 Å². The fraction of sp³-hybridized carbons (Fsp3) is 0.455. The van der Waals surface area contributed by atoms with E-state index in [9.17, 15) is 8.78 Å². The lowest BCUT2D eigenvalue weighted by Crippen LogP contribution is -2.18. The maximum atomic E-state index is 12.9. The summed E-state index contributed by atoms with van der Waals surface area (Å²) in [6.45, 7) is 1.86. The van der Waals surface area contributed by atoms with Crippen molar-refractivity contribution in [1.29, 1.82) is 0 Å². The molecule has 0 bridgehead atoms. The van der Waals surface area contributed by atoms with Crippen molar-refractivity contribution < 1.29 is 13.5 Å². The van der Waals surface area contributed by atoms with Crippen LogP contribution in [0, 0.1) is 11.6 Å². The second-order valence-electron chi connectivity index (χ2n) is 3.59. The smallest absolute Gasteiger partial charge is 0.126 e. The fourth-order valence-corrected chi connectivity index (χ4v) is 1.38. The van der Waals surface area contributed by atoms with E-state index in [0.717, 1.165) is 6.07 Å². The quantitative estimate of drug-likeness (QED) is 0.837. The van der Waals surface area contributed by atoms with Gasteiger partial charge in [0.15, 0.2) is 0 Å². The number of nitrogens with two attached hydrogens (primary N) is 1. The molecule has 0 amide bonds. The molecule has 2 unspecified atom stereocenters. The molecule has 2 atom stereocenters. The van der Waals surface area contributed by atoms with Crippen LogP contribution in [-0.2, 0) is 4.74 Å². The van der Waals surface area contributed by atoms with Gasteiger partial charge in [0.25, 0.3) is 0 Å². The van der Waals surface area contributed by atoms with E-state index in [1.807, 2.05) is 6.92 Å². The van der Waals surface area contributed by atoms with Crippen LogP contribution in [0.1, 0.15) is 24.9 Å². The average molecular weight is 215 g/mol. The van der Waals surface area contributed by atoms with E-state index >= 15 is 0 Å². The molecule has 0 saturated heterocycles. The van der Waals surface area contributed by atoms with Crippen molar-refractivity contribution >= 4 is 0 Å². The van der Waals surface area contributed by atoms with Crippen LogP contribution >= 0.6 is 0 Å². The van der Waals surface area contributed by atoms with Gasteiger partial charge in [-0.15, -0.1) is 0 Å². The minimum atomic E-state index is -0.606. The molecule has 1 rings (SSSR count). The van der Waals surface area contributed by atoms with Gasteiger partial charge in [-0.25, -0.2) is 8.78 Å². The zero-order chi connectivity index (χ0) is 11.4. The first-order valence-electron chi connectivity index (χ1n) is 4.77. The van der Waals surface area contributed by atoms with Gasteiger partial charge in [-0.1, -0.05) is 0 Å². The highest BCUT2D eigenvalue weighted by molar-refractivity contribution is 5.21. The fourth-order valence-electron chi connectivity index (χ4n) is 1.38. The molecule has 0 aromatic heterocycles. The first kappa shape index (κ1) is 12.1. The van der Waals surface area contributed by atoms with E-state index in [1.54, 1.807) is 7.11 Å². The molecule has 84 valence electrons. The highest BCUT2D eigenvalue weighted by atomic mass is 19.1. The number of halogens is 2. The lowest BCUT2D eigenvalue weighted by atomic mass is 10.0. The summed E-state index contributed by atoms with van der Waals surface area (Å²) in [7, 11) is 1.57. The maximum absolute atomic E-state index is 12.9. The Morgan fingerprint density at radius 1 is 1.27 bits per heavy atom. The molecule has 2 N–H and O–H groups in total. The van der Waals surface area contributed by atoms with Crippen molar-refractivity contribution in [3.63, 3.8) is 0 Å². The number of hydrogen-bond donors (Lipinski definition) is 1. The first-order chi connectivity index (χ1) is 7.02. The van der Waals surface area contributed by atoms with Crippen LogP contribution < -0.4 is 5.73 Å². The van der Waals surface area contributed by atoms with Gasteiger partial charge in [0.05, 0.1) is 6.10 Å². The van der Waals surface area contributed by atoms with E-state index in [4.69, 9.17) is 10.5 Å². The number of ether oxygens (including phenoxy) is 1. The van der Waals surface area contributed by atoms with Crippen molar-refractivity contribution in [3.8, 4) is 0 Å². The SMILES string of the molecule is COC(C)CC(N)c1cc(F)cc(F)c1. The van der Waals surface area contributed by atoms with Gasteiger partial charge in [-0.2, -0.15) is 0 Å². The molecule has 1 aromatic carbocycles. The third kappa shape index (κ3) is 3.57. The maximum Gasteiger partial charge on any atom is 0.126 e. The largest absolute Gasteiger partial charge is 0.382 e. The van der Waals surface area contributed by atoms with Crippen molar-refractivity contribution in [2.45, 2.75) is 25.5 Å². The summed E-state index contributed by atoms with van der Waals surface area (Å²) in [5, 5.41) is 0. The lowest BCUT2D eigenvalue weighted by Gasteiger charge is -2.16. The highest BCUT2D eigenvalue weighted by Gasteiger charge is 2.12. The molecule has 0 aliphatic rings. The monoisotopic (exact) mass is 215 g/mol. The van der Waals surface area contributed by atoms with Gasteiger partial charge < -0.3 is 10.5 Å². The summed E-state index contributed by atoms with van der Waals surface area (Å²) in [4.78, 5) is 0. The molecular weight excluding hydrogens is 200 g/mol. The number of rotatable bonds is 4. The Morgan fingerprint density at radius 2 is 1.80 bits per heavy atom. The van der Waals surface area contributed by atoms with Gasteiger partial charge in [0, 0.05) is 19.2 Å². The van der Waals surface area contributed by atoms with E-state index in [2.05, 4.69) is 0 Å². The number of methoxy groups -OCH3 is 1. The predicted octanol–water partition coefficient (Wildman–Crippen LogP) is 2.39. The molecule has 0 fully saturated rings. The molecule has 0 radical (unpaired) electrons. The van der Waals surface area contributed by atoms with Crippen LogP contribution in [0.4, 0.5) is 8.78 Å². The summed E-state index contributed by atoms with van der Waals surface area (Å²) >= 11 is 0. The van der Waals surface area contributed by atoms with E-state index in [-0.39, 0.29) is 6.10 Å². The second kappa shape index (κ2) is 5.19. The Labute approximate surface area is 88.0 Å². The second-order valence-corrected chi connectivity index (χ2v) is 3.59. The van der Waals surface area contributed by atoms with Crippen molar-refractivity contribution in [2.24, 2.45) is 5.73 Å². The molecule has 0 heterocycles. The normalized spacial score (nSPS) is 15.0. The zero-order valence-corrected chi connectivity index (χ0v) is 8.84. The minimum absolute atomic E-state index is 0.0358. The van der Waals surface area contributed by atoms with Crippen LogP contribution in [0.3, 0.4) is 0 Å². The Bertz CT molecular complexity index is 310. The molecule has 1 aromatic rings. The Kier molecular flexibility index (Phi) is 4.17. The van der Waals surface area contributed by atoms with Gasteiger partial charge in [-0.3, -0.25) is 0 Å². The molecule has 15 heavy (non-hydrogen) atoms.